The van der Waals surface area contributed by atoms with E-state index < -0.39 is 8.07 Å². The summed E-state index contributed by atoms with van der Waals surface area (Å²) < 4.78 is 5.58. The minimum Gasteiger partial charge on any atom is -0.372 e. The van der Waals surface area contributed by atoms with Crippen molar-refractivity contribution in [3.63, 3.8) is 0 Å². The van der Waals surface area contributed by atoms with Crippen LogP contribution in [0.1, 0.15) is 59.3 Å². The average molecular weight is 295 g/mol. The third-order valence-corrected chi connectivity index (χ3v) is 9.56. The lowest BCUT2D eigenvalue weighted by Crippen LogP contribution is -2.32. The number of unbranched alkanes of at least 4 members (excludes halogenated alkanes) is 3. The molecule has 1 nitrogen and oxygen atoms in total. The van der Waals surface area contributed by atoms with Crippen molar-refractivity contribution in [2.45, 2.75) is 77.4 Å². The molecule has 2 heteroatoms. The third kappa shape index (κ3) is 5.57. The highest BCUT2D eigenvalue weighted by Crippen LogP contribution is 2.32. The number of hydrogen-bond acceptors (Lipinski definition) is 1. The summed E-state index contributed by atoms with van der Waals surface area (Å²) in [6, 6.07) is 4.42. The quantitative estimate of drug-likeness (QED) is 0.457. The molecule has 0 saturated carbocycles. The molecule has 0 amide bonds. The van der Waals surface area contributed by atoms with Crippen molar-refractivity contribution < 1.29 is 4.74 Å². The molecule has 1 saturated heterocycles. The van der Waals surface area contributed by atoms with Crippen LogP contribution < -0.4 is 0 Å². The second-order valence-electron chi connectivity index (χ2n) is 6.44. The van der Waals surface area contributed by atoms with Crippen LogP contribution in [0.2, 0.25) is 18.1 Å². The molecule has 1 heterocycles. The highest BCUT2D eigenvalue weighted by atomic mass is 28.3. The van der Waals surface area contributed by atoms with E-state index in [1.54, 1.807) is 0 Å². The molecule has 0 atom stereocenters. The molecule has 0 aromatic rings. The van der Waals surface area contributed by atoms with E-state index in [4.69, 9.17) is 4.74 Å². The third-order valence-electron chi connectivity index (χ3n) is 4.55. The Bertz CT molecular complexity index is 298. The van der Waals surface area contributed by atoms with Crippen LogP contribution in [-0.4, -0.2) is 21.3 Å². The number of hydrogen-bond donors (Lipinski definition) is 0. The van der Waals surface area contributed by atoms with Crippen molar-refractivity contribution in [3.8, 4) is 0 Å². The molecular formula is C18H34OSi. The zero-order chi connectivity index (χ0) is 14.8. The maximum atomic E-state index is 5.58. The van der Waals surface area contributed by atoms with Gasteiger partial charge in [0.25, 0.3) is 0 Å². The molecule has 0 aromatic heterocycles. The maximum Gasteiger partial charge on any atom is 0.0783 e. The molecular weight excluding hydrogens is 260 g/mol. The highest BCUT2D eigenvalue weighted by Gasteiger charge is 2.30. The normalized spacial score (nSPS) is 18.1. The van der Waals surface area contributed by atoms with Crippen LogP contribution in [0.3, 0.4) is 0 Å². The summed E-state index contributed by atoms with van der Waals surface area (Å²) >= 11 is 0. The fourth-order valence-electron chi connectivity index (χ4n) is 3.17. The van der Waals surface area contributed by atoms with Gasteiger partial charge >= 0.3 is 0 Å². The van der Waals surface area contributed by atoms with Gasteiger partial charge in [-0.05, 0) is 11.1 Å². The first-order valence-corrected chi connectivity index (χ1v) is 11.3. The van der Waals surface area contributed by atoms with E-state index in [0.29, 0.717) is 0 Å². The van der Waals surface area contributed by atoms with Gasteiger partial charge in [-0.25, -0.2) is 0 Å². The summed E-state index contributed by atoms with van der Waals surface area (Å²) in [6.07, 6.45) is 8.18. The first kappa shape index (κ1) is 17.7. The Morgan fingerprint density at radius 3 is 1.80 bits per heavy atom. The van der Waals surface area contributed by atoms with Gasteiger partial charge in [0.15, 0.2) is 0 Å². The fraction of sp³-hybridized carbons (Fsp3) is 0.778. The molecule has 116 valence electrons. The Morgan fingerprint density at radius 2 is 1.45 bits per heavy atom. The summed E-state index contributed by atoms with van der Waals surface area (Å²) in [5.41, 5.74) is 5.38. The number of rotatable bonds is 10. The van der Waals surface area contributed by atoms with Crippen LogP contribution in [0.25, 0.3) is 0 Å². The summed E-state index contributed by atoms with van der Waals surface area (Å²) in [4.78, 5) is 0. The summed E-state index contributed by atoms with van der Waals surface area (Å²) in [5, 5.41) is 0. The Kier molecular flexibility index (Phi) is 8.47. The molecule has 0 unspecified atom stereocenters. The van der Waals surface area contributed by atoms with Gasteiger partial charge in [-0.3, -0.25) is 0 Å². The van der Waals surface area contributed by atoms with Crippen molar-refractivity contribution in [1.82, 2.24) is 0 Å². The maximum absolute atomic E-state index is 5.58. The van der Waals surface area contributed by atoms with Gasteiger partial charge < -0.3 is 4.74 Å². The summed E-state index contributed by atoms with van der Waals surface area (Å²) in [5.74, 6) is 0. The summed E-state index contributed by atoms with van der Waals surface area (Å²) in [6.45, 7) is 12.7. The Morgan fingerprint density at radius 1 is 0.950 bits per heavy atom. The molecule has 1 fully saturated rings. The molecule has 1 aliphatic rings. The largest absolute Gasteiger partial charge is 0.372 e. The molecule has 1 rings (SSSR count). The van der Waals surface area contributed by atoms with Gasteiger partial charge in [-0.15, -0.1) is 0 Å². The van der Waals surface area contributed by atoms with E-state index in [9.17, 15) is 0 Å². The predicted molar refractivity (Wildman–Crippen MR) is 92.9 cm³/mol. The van der Waals surface area contributed by atoms with Gasteiger partial charge in [-0.2, -0.15) is 0 Å². The smallest absolute Gasteiger partial charge is 0.0783 e. The van der Waals surface area contributed by atoms with Crippen molar-refractivity contribution in [2.24, 2.45) is 0 Å². The second kappa shape index (κ2) is 9.57. The van der Waals surface area contributed by atoms with Crippen LogP contribution in [0, 0.1) is 0 Å². The van der Waals surface area contributed by atoms with Crippen molar-refractivity contribution >= 4 is 8.07 Å². The lowest BCUT2D eigenvalue weighted by atomic mass is 10.2. The SMILES string of the molecule is C=C1COC/C1=C/[Si](CCCC)(CCCC)CCCC. The summed E-state index contributed by atoms with van der Waals surface area (Å²) in [7, 11) is -1.27. The predicted octanol–water partition coefficient (Wildman–Crippen LogP) is 5.89. The van der Waals surface area contributed by atoms with E-state index >= 15 is 0 Å². The van der Waals surface area contributed by atoms with Gasteiger partial charge in [-0.1, -0.05) is 89.7 Å². The first-order valence-electron chi connectivity index (χ1n) is 8.65. The van der Waals surface area contributed by atoms with Crippen LogP contribution in [0.4, 0.5) is 0 Å². The zero-order valence-corrected chi connectivity index (χ0v) is 15.0. The molecule has 20 heavy (non-hydrogen) atoms. The minimum absolute atomic E-state index is 0.756. The molecule has 0 N–H and O–H groups in total. The average Bonchev–Trinajstić information content (AvgIpc) is 2.85. The Balaban J connectivity index is 2.89. The van der Waals surface area contributed by atoms with E-state index in [1.807, 2.05) is 0 Å². The van der Waals surface area contributed by atoms with Crippen LogP contribution >= 0.6 is 0 Å². The molecule has 0 spiro atoms. The Labute approximate surface area is 127 Å². The van der Waals surface area contributed by atoms with E-state index in [1.165, 1.54) is 67.8 Å². The van der Waals surface area contributed by atoms with E-state index in [0.717, 1.165) is 13.2 Å². The van der Waals surface area contributed by atoms with Gasteiger partial charge in [0.1, 0.15) is 0 Å². The monoisotopic (exact) mass is 294 g/mol. The standard InChI is InChI=1S/C18H34OSi/c1-5-8-11-20(12-9-6-2,13-10-7-3)16-18-15-19-14-17(18)4/h16H,4-15H2,1-3H3/b18-16-. The molecule has 0 aromatic carbocycles. The van der Waals surface area contributed by atoms with Crippen molar-refractivity contribution in [2.75, 3.05) is 13.2 Å². The van der Waals surface area contributed by atoms with Crippen molar-refractivity contribution in [1.29, 1.82) is 0 Å². The van der Waals surface area contributed by atoms with Crippen LogP contribution in [-0.2, 0) is 4.74 Å². The topological polar surface area (TPSA) is 9.23 Å². The van der Waals surface area contributed by atoms with Gasteiger partial charge in [0, 0.05) is 0 Å². The van der Waals surface area contributed by atoms with Crippen LogP contribution in [0.5, 0.6) is 0 Å². The minimum atomic E-state index is -1.27. The molecule has 1 aliphatic heterocycles. The Hall–Kier alpha value is -0.343. The van der Waals surface area contributed by atoms with E-state index in [2.05, 4.69) is 33.0 Å². The lowest BCUT2D eigenvalue weighted by molar-refractivity contribution is 0.215. The molecule has 0 radical (unpaired) electrons. The fourth-order valence-corrected chi connectivity index (χ4v) is 8.55. The van der Waals surface area contributed by atoms with Crippen LogP contribution in [0.15, 0.2) is 23.4 Å². The highest BCUT2D eigenvalue weighted by molar-refractivity contribution is 6.84. The lowest BCUT2D eigenvalue weighted by Gasteiger charge is -2.30. The van der Waals surface area contributed by atoms with Gasteiger partial charge in [0.2, 0.25) is 0 Å². The second-order valence-corrected chi connectivity index (χ2v) is 11.0. The first-order chi connectivity index (χ1) is 9.67. The number of ether oxygens (including phenoxy) is 1. The molecule has 0 aliphatic carbocycles. The zero-order valence-electron chi connectivity index (χ0n) is 14.0. The van der Waals surface area contributed by atoms with Crippen molar-refractivity contribution in [3.05, 3.63) is 23.4 Å². The van der Waals surface area contributed by atoms with Gasteiger partial charge in [0.05, 0.1) is 21.3 Å². The van der Waals surface area contributed by atoms with E-state index in [-0.39, 0.29) is 0 Å². The molecule has 0 bridgehead atoms.